The molecule has 0 fully saturated rings. The average molecular weight is 230 g/mol. The fourth-order valence-corrected chi connectivity index (χ4v) is 1.58. The third-order valence-corrected chi connectivity index (χ3v) is 2.56. The summed E-state index contributed by atoms with van der Waals surface area (Å²) in [6.45, 7) is 2.84. The van der Waals surface area contributed by atoms with E-state index in [0.29, 0.717) is 0 Å². The molecular weight excluding hydrogens is 212 g/mol. The maximum Gasteiger partial charge on any atom is 0.223 e. The topological polar surface area (TPSA) is 17.0 Å². The second kappa shape index (κ2) is 5.43. The van der Waals surface area contributed by atoms with Crippen LogP contribution < -0.4 is 14.1 Å². The molecule has 0 bridgehead atoms. The van der Waals surface area contributed by atoms with E-state index in [1.165, 1.54) is 11.1 Å². The van der Waals surface area contributed by atoms with Crippen molar-refractivity contribution in [1.29, 1.82) is 0 Å². The van der Waals surface area contributed by atoms with Gasteiger partial charge in [0.15, 0.2) is 19.0 Å². The van der Waals surface area contributed by atoms with E-state index in [1.54, 1.807) is 4.73 Å². The molecule has 0 aliphatic heterocycles. The fraction of sp³-hybridized carbons (Fsp3) is 0.286. The Labute approximate surface area is 102 Å². The number of aryl methyl sites for hydroxylation is 1. The monoisotopic (exact) mass is 230 g/mol. The minimum Gasteiger partial charge on any atom is -0.271 e. The molecule has 2 rings (SSSR count). The Balaban J connectivity index is 2.14. The minimum atomic E-state index is 0.741. The molecule has 3 heteroatoms. The van der Waals surface area contributed by atoms with Gasteiger partial charge in [0, 0.05) is 29.0 Å². The van der Waals surface area contributed by atoms with Crippen molar-refractivity contribution >= 4 is 0 Å². The molecule has 0 radical (unpaired) electrons. The van der Waals surface area contributed by atoms with Gasteiger partial charge in [0.25, 0.3) is 0 Å². The Morgan fingerprint density at radius 3 is 2.00 bits per heavy atom. The lowest BCUT2D eigenvalue weighted by Crippen LogP contribution is -2.42. The molecule has 0 atom stereocenters. The van der Waals surface area contributed by atoms with Gasteiger partial charge in [0.1, 0.15) is 7.05 Å². The third kappa shape index (κ3) is 3.03. The van der Waals surface area contributed by atoms with Gasteiger partial charge in [0.05, 0.1) is 0 Å². The lowest BCUT2D eigenvalue weighted by molar-refractivity contribution is -0.891. The van der Waals surface area contributed by atoms with Crippen LogP contribution in [0.25, 0.3) is 11.1 Å². The van der Waals surface area contributed by atoms with Crippen LogP contribution in [0.2, 0.25) is 0 Å². The Morgan fingerprint density at radius 2 is 1.47 bits per heavy atom. The number of hydrogen-bond acceptors (Lipinski definition) is 1. The lowest BCUT2D eigenvalue weighted by Gasteiger charge is -1.99. The van der Waals surface area contributed by atoms with Crippen LogP contribution in [0.15, 0.2) is 49.1 Å². The van der Waals surface area contributed by atoms with Crippen molar-refractivity contribution in [3.8, 4) is 11.1 Å². The van der Waals surface area contributed by atoms with E-state index in [1.807, 2.05) is 36.4 Å². The first-order valence-electron chi connectivity index (χ1n) is 5.90. The summed E-state index contributed by atoms with van der Waals surface area (Å²) in [7, 11) is 2.02. The molecule has 0 saturated heterocycles. The molecule has 88 valence electrons. The molecule has 3 nitrogen and oxygen atoms in total. The van der Waals surface area contributed by atoms with Gasteiger partial charge in [-0.2, -0.15) is 0 Å². The molecule has 0 aliphatic rings. The van der Waals surface area contributed by atoms with Gasteiger partial charge in [-0.3, -0.25) is 4.84 Å². The first kappa shape index (κ1) is 11.6. The maximum atomic E-state index is 5.48. The highest BCUT2D eigenvalue weighted by molar-refractivity contribution is 5.60. The van der Waals surface area contributed by atoms with Crippen LogP contribution in [-0.4, -0.2) is 6.61 Å². The summed E-state index contributed by atoms with van der Waals surface area (Å²) in [5.41, 5.74) is 2.41. The van der Waals surface area contributed by atoms with Gasteiger partial charge in [-0.15, -0.1) is 0 Å². The second-order valence-corrected chi connectivity index (χ2v) is 4.03. The Bertz CT molecular complexity index is 463. The molecule has 2 heterocycles. The standard InChI is InChI=1S/C14H18N2O/c1-3-12-17-16-10-6-14(7-11-16)13-4-8-15(2)9-5-13/h4-11H,3,12H2,1-2H3/q+2. The molecule has 0 saturated carbocycles. The Kier molecular flexibility index (Phi) is 3.70. The van der Waals surface area contributed by atoms with Crippen molar-refractivity contribution in [2.75, 3.05) is 6.61 Å². The summed E-state index contributed by atoms with van der Waals surface area (Å²) >= 11 is 0. The molecule has 0 N–H and O–H groups in total. The van der Waals surface area contributed by atoms with Crippen LogP contribution in [0.4, 0.5) is 0 Å². The van der Waals surface area contributed by atoms with Crippen LogP contribution in [0.5, 0.6) is 0 Å². The zero-order valence-electron chi connectivity index (χ0n) is 10.3. The highest BCUT2D eigenvalue weighted by Crippen LogP contribution is 2.15. The Morgan fingerprint density at radius 1 is 0.941 bits per heavy atom. The summed E-state index contributed by atoms with van der Waals surface area (Å²) in [6, 6.07) is 8.33. The summed E-state index contributed by atoms with van der Waals surface area (Å²) in [5, 5.41) is 0. The number of hydrogen-bond donors (Lipinski definition) is 0. The predicted molar refractivity (Wildman–Crippen MR) is 65.0 cm³/mol. The van der Waals surface area contributed by atoms with E-state index in [9.17, 15) is 0 Å². The van der Waals surface area contributed by atoms with Crippen LogP contribution in [-0.2, 0) is 7.05 Å². The summed E-state index contributed by atoms with van der Waals surface area (Å²) in [4.78, 5) is 5.48. The Hall–Kier alpha value is -1.90. The molecule has 0 unspecified atom stereocenters. The van der Waals surface area contributed by atoms with E-state index in [4.69, 9.17) is 4.84 Å². The number of pyridine rings is 2. The number of rotatable bonds is 4. The van der Waals surface area contributed by atoms with Crippen molar-refractivity contribution in [3.63, 3.8) is 0 Å². The molecule has 0 aliphatic carbocycles. The van der Waals surface area contributed by atoms with Crippen LogP contribution >= 0.6 is 0 Å². The zero-order valence-corrected chi connectivity index (χ0v) is 10.3. The fourth-order valence-electron chi connectivity index (χ4n) is 1.58. The number of nitrogens with zero attached hydrogens (tertiary/aromatic N) is 2. The summed E-state index contributed by atoms with van der Waals surface area (Å²) < 4.78 is 3.77. The highest BCUT2D eigenvalue weighted by atomic mass is 16.7. The van der Waals surface area contributed by atoms with Gasteiger partial charge in [-0.1, -0.05) is 6.92 Å². The highest BCUT2D eigenvalue weighted by Gasteiger charge is 2.04. The van der Waals surface area contributed by atoms with Gasteiger partial charge in [0.2, 0.25) is 12.4 Å². The van der Waals surface area contributed by atoms with E-state index < -0.39 is 0 Å². The largest absolute Gasteiger partial charge is 0.271 e. The number of aromatic nitrogens is 2. The predicted octanol–water partition coefficient (Wildman–Crippen LogP) is 1.30. The molecule has 0 spiro atoms. The van der Waals surface area contributed by atoms with E-state index in [2.05, 4.69) is 31.2 Å². The summed E-state index contributed by atoms with van der Waals surface area (Å²) in [6.07, 6.45) is 8.99. The van der Waals surface area contributed by atoms with Crippen LogP contribution in [0.1, 0.15) is 13.3 Å². The molecule has 0 aromatic carbocycles. The average Bonchev–Trinajstić information content (AvgIpc) is 2.38. The second-order valence-electron chi connectivity index (χ2n) is 4.03. The van der Waals surface area contributed by atoms with Gasteiger partial charge < -0.3 is 0 Å². The van der Waals surface area contributed by atoms with Gasteiger partial charge in [-0.05, 0) is 17.5 Å². The van der Waals surface area contributed by atoms with Crippen molar-refractivity contribution in [1.82, 2.24) is 0 Å². The van der Waals surface area contributed by atoms with E-state index in [-0.39, 0.29) is 0 Å². The quantitative estimate of drug-likeness (QED) is 0.724. The van der Waals surface area contributed by atoms with E-state index in [0.717, 1.165) is 13.0 Å². The first-order valence-corrected chi connectivity index (χ1v) is 5.90. The molecule has 0 amide bonds. The SMILES string of the molecule is CCCO[n+]1ccc(-c2cc[n+](C)cc2)cc1. The summed E-state index contributed by atoms with van der Waals surface area (Å²) in [5.74, 6) is 0. The van der Waals surface area contributed by atoms with Crippen molar-refractivity contribution in [2.45, 2.75) is 13.3 Å². The zero-order chi connectivity index (χ0) is 12.1. The molecule has 2 aromatic heterocycles. The molecular formula is C14H18N2O+2. The van der Waals surface area contributed by atoms with Gasteiger partial charge in [-0.25, -0.2) is 4.57 Å². The molecule has 2 aromatic rings. The minimum absolute atomic E-state index is 0.741. The van der Waals surface area contributed by atoms with Crippen molar-refractivity contribution in [3.05, 3.63) is 49.1 Å². The lowest BCUT2D eigenvalue weighted by atomic mass is 10.1. The third-order valence-electron chi connectivity index (χ3n) is 2.56. The van der Waals surface area contributed by atoms with E-state index >= 15 is 0 Å². The normalized spacial score (nSPS) is 10.2. The maximum absolute atomic E-state index is 5.48. The van der Waals surface area contributed by atoms with Crippen molar-refractivity contribution < 1.29 is 14.1 Å². The van der Waals surface area contributed by atoms with Crippen molar-refractivity contribution in [2.24, 2.45) is 7.05 Å². The smallest absolute Gasteiger partial charge is 0.223 e. The first-order chi connectivity index (χ1) is 8.29. The molecule has 17 heavy (non-hydrogen) atoms. The van der Waals surface area contributed by atoms with Crippen LogP contribution in [0.3, 0.4) is 0 Å². The van der Waals surface area contributed by atoms with Gasteiger partial charge >= 0.3 is 0 Å². The van der Waals surface area contributed by atoms with Crippen LogP contribution in [0, 0.1) is 0 Å².